The molecule has 2 heterocycles. The monoisotopic (exact) mass is 348 g/mol. The third-order valence-corrected chi connectivity index (χ3v) is 5.14. The highest BCUT2D eigenvalue weighted by molar-refractivity contribution is 7.12. The van der Waals surface area contributed by atoms with E-state index in [0.29, 0.717) is 37.5 Å². The van der Waals surface area contributed by atoms with E-state index in [1.807, 2.05) is 29.5 Å². The van der Waals surface area contributed by atoms with Crippen LogP contribution in [-0.4, -0.2) is 53.1 Å². The number of thiophene rings is 1. The molecule has 128 valence electrons. The number of carbonyl (C=O) groups is 1. The Balaban J connectivity index is 1.56. The second-order valence-electron chi connectivity index (χ2n) is 6.48. The first-order chi connectivity index (χ1) is 11.5. The number of carbonyl (C=O) groups excluding carboxylic acids is 1. The van der Waals surface area contributed by atoms with Crippen LogP contribution in [0.15, 0.2) is 41.8 Å². The number of rotatable bonds is 5. The van der Waals surface area contributed by atoms with Crippen molar-refractivity contribution in [3.8, 4) is 0 Å². The molecule has 0 bridgehead atoms. The molecule has 4 nitrogen and oxygen atoms in total. The second kappa shape index (κ2) is 7.01. The van der Waals surface area contributed by atoms with E-state index >= 15 is 0 Å². The van der Waals surface area contributed by atoms with Crippen molar-refractivity contribution in [3.63, 3.8) is 0 Å². The summed E-state index contributed by atoms with van der Waals surface area (Å²) in [7, 11) is 1.92. The van der Waals surface area contributed by atoms with Gasteiger partial charge in [-0.05, 0) is 42.6 Å². The fourth-order valence-corrected chi connectivity index (χ4v) is 3.87. The van der Waals surface area contributed by atoms with E-state index in [0.717, 1.165) is 5.56 Å². The third-order valence-electron chi connectivity index (χ3n) is 4.28. The summed E-state index contributed by atoms with van der Waals surface area (Å²) in [6.07, 6.45) is 0.567. The van der Waals surface area contributed by atoms with Gasteiger partial charge in [0, 0.05) is 19.6 Å². The van der Waals surface area contributed by atoms with Gasteiger partial charge in [-0.25, -0.2) is 4.39 Å². The van der Waals surface area contributed by atoms with Crippen molar-refractivity contribution in [2.45, 2.75) is 18.6 Å². The highest BCUT2D eigenvalue weighted by atomic mass is 32.1. The summed E-state index contributed by atoms with van der Waals surface area (Å²) >= 11 is 1.42. The maximum atomic E-state index is 13.0. The largest absolute Gasteiger partial charge is 0.387 e. The predicted molar refractivity (Wildman–Crippen MR) is 92.5 cm³/mol. The second-order valence-corrected chi connectivity index (χ2v) is 7.42. The van der Waals surface area contributed by atoms with Gasteiger partial charge >= 0.3 is 0 Å². The Morgan fingerprint density at radius 3 is 2.79 bits per heavy atom. The van der Waals surface area contributed by atoms with Crippen molar-refractivity contribution < 1.29 is 14.3 Å². The number of amides is 1. The van der Waals surface area contributed by atoms with Gasteiger partial charge in [0.2, 0.25) is 0 Å². The lowest BCUT2D eigenvalue weighted by Gasteiger charge is -2.29. The highest BCUT2D eigenvalue weighted by Gasteiger charge is 2.39. The van der Waals surface area contributed by atoms with Gasteiger partial charge in [-0.2, -0.15) is 0 Å². The highest BCUT2D eigenvalue weighted by Crippen LogP contribution is 2.25. The maximum absolute atomic E-state index is 13.0. The van der Waals surface area contributed by atoms with E-state index in [2.05, 4.69) is 0 Å². The van der Waals surface area contributed by atoms with Crippen LogP contribution in [0.5, 0.6) is 0 Å². The van der Waals surface area contributed by atoms with Gasteiger partial charge in [-0.15, -0.1) is 11.3 Å². The number of halogens is 1. The van der Waals surface area contributed by atoms with Gasteiger partial charge in [-0.3, -0.25) is 9.69 Å². The molecule has 0 radical (unpaired) electrons. The Morgan fingerprint density at radius 2 is 2.12 bits per heavy atom. The third kappa shape index (κ3) is 4.01. The Kier molecular flexibility index (Phi) is 4.99. The van der Waals surface area contributed by atoms with E-state index in [9.17, 15) is 14.3 Å². The molecule has 24 heavy (non-hydrogen) atoms. The zero-order valence-electron chi connectivity index (χ0n) is 13.6. The molecule has 1 amide bonds. The van der Waals surface area contributed by atoms with E-state index in [1.54, 1.807) is 17.0 Å². The van der Waals surface area contributed by atoms with Crippen LogP contribution in [0, 0.1) is 5.82 Å². The van der Waals surface area contributed by atoms with Crippen LogP contribution < -0.4 is 0 Å². The summed E-state index contributed by atoms with van der Waals surface area (Å²) < 4.78 is 13.0. The molecule has 1 aliphatic heterocycles. The number of β-amino-alcohol motifs (C(OH)–C–C–N with tert-alkyl or cyclic N) is 1. The van der Waals surface area contributed by atoms with Crippen molar-refractivity contribution in [1.29, 1.82) is 0 Å². The molecule has 0 saturated carbocycles. The van der Waals surface area contributed by atoms with Crippen molar-refractivity contribution in [2.24, 2.45) is 0 Å². The fraction of sp³-hybridized carbons (Fsp3) is 0.389. The first-order valence-corrected chi connectivity index (χ1v) is 8.81. The van der Waals surface area contributed by atoms with Crippen LogP contribution >= 0.6 is 11.3 Å². The smallest absolute Gasteiger partial charge is 0.264 e. The SMILES string of the molecule is CN(Cc1ccc(F)cc1)CC1(O)CCN(C(=O)c2cccs2)C1. The van der Waals surface area contributed by atoms with Crippen molar-refractivity contribution in [1.82, 2.24) is 9.80 Å². The van der Waals surface area contributed by atoms with E-state index in [-0.39, 0.29) is 11.7 Å². The Morgan fingerprint density at radius 1 is 1.38 bits per heavy atom. The topological polar surface area (TPSA) is 43.8 Å². The van der Waals surface area contributed by atoms with Crippen LogP contribution in [0.4, 0.5) is 4.39 Å². The van der Waals surface area contributed by atoms with E-state index in [4.69, 9.17) is 0 Å². The molecule has 1 N–H and O–H groups in total. The van der Waals surface area contributed by atoms with Gasteiger partial charge in [0.05, 0.1) is 17.0 Å². The normalized spacial score (nSPS) is 20.8. The van der Waals surface area contributed by atoms with Crippen LogP contribution in [0.25, 0.3) is 0 Å². The number of likely N-dealkylation sites (N-methyl/N-ethyl adjacent to an activating group) is 1. The molecule has 0 spiro atoms. The molecule has 1 aromatic carbocycles. The molecule has 6 heteroatoms. The predicted octanol–water partition coefficient (Wildman–Crippen LogP) is 2.60. The lowest BCUT2D eigenvalue weighted by molar-refractivity contribution is 0.0164. The summed E-state index contributed by atoms with van der Waals surface area (Å²) in [5.41, 5.74) is 0.0915. The number of hydrogen-bond donors (Lipinski definition) is 1. The lowest BCUT2D eigenvalue weighted by atomic mass is 10.0. The zero-order chi connectivity index (χ0) is 17.2. The van der Waals surface area contributed by atoms with Gasteiger partial charge in [0.1, 0.15) is 5.82 Å². The maximum Gasteiger partial charge on any atom is 0.264 e. The summed E-state index contributed by atoms with van der Waals surface area (Å²) in [4.78, 5) is 16.8. The van der Waals surface area contributed by atoms with Gasteiger partial charge in [0.25, 0.3) is 5.91 Å². The van der Waals surface area contributed by atoms with Crippen molar-refractivity contribution >= 4 is 17.2 Å². The summed E-state index contributed by atoms with van der Waals surface area (Å²) in [5, 5.41) is 12.7. The van der Waals surface area contributed by atoms with Gasteiger partial charge in [0.15, 0.2) is 0 Å². The summed E-state index contributed by atoms with van der Waals surface area (Å²) in [6, 6.07) is 10.0. The first kappa shape index (κ1) is 17.1. The number of nitrogens with zero attached hydrogens (tertiary/aromatic N) is 2. The fourth-order valence-electron chi connectivity index (χ4n) is 3.17. The van der Waals surface area contributed by atoms with Crippen molar-refractivity contribution in [3.05, 3.63) is 58.0 Å². The molecule has 1 aliphatic rings. The lowest BCUT2D eigenvalue weighted by Crippen LogP contribution is -2.44. The zero-order valence-corrected chi connectivity index (χ0v) is 14.4. The minimum atomic E-state index is -0.901. The minimum Gasteiger partial charge on any atom is -0.387 e. The quantitative estimate of drug-likeness (QED) is 0.903. The average Bonchev–Trinajstić information content (AvgIpc) is 3.19. The molecule has 1 atom stereocenters. The Labute approximate surface area is 145 Å². The molecule has 0 aliphatic carbocycles. The molecule has 1 fully saturated rings. The van der Waals surface area contributed by atoms with Gasteiger partial charge < -0.3 is 10.0 Å². The Hall–Kier alpha value is -1.76. The molecular weight excluding hydrogens is 327 g/mol. The molecular formula is C18H21FN2O2S. The summed E-state index contributed by atoms with van der Waals surface area (Å²) in [5.74, 6) is -0.263. The van der Waals surface area contributed by atoms with Crippen molar-refractivity contribution in [2.75, 3.05) is 26.7 Å². The number of likely N-dealkylation sites (tertiary alicyclic amines) is 1. The average molecular weight is 348 g/mol. The molecule has 2 aromatic rings. The molecule has 1 saturated heterocycles. The number of benzene rings is 1. The molecule has 3 rings (SSSR count). The summed E-state index contributed by atoms with van der Waals surface area (Å²) in [6.45, 7) is 2.01. The number of aliphatic hydroxyl groups is 1. The van der Waals surface area contributed by atoms with Crippen LogP contribution in [0.1, 0.15) is 21.7 Å². The minimum absolute atomic E-state index is 0.0119. The Bertz CT molecular complexity index is 690. The standard InChI is InChI=1S/C18H21FN2O2S/c1-20(11-14-4-6-15(19)7-5-14)12-18(23)8-9-21(13-18)17(22)16-3-2-10-24-16/h2-7,10,23H,8-9,11-13H2,1H3. The van der Waals surface area contributed by atoms with Gasteiger partial charge in [-0.1, -0.05) is 18.2 Å². The van der Waals surface area contributed by atoms with Crippen LogP contribution in [0.2, 0.25) is 0 Å². The molecule has 1 unspecified atom stereocenters. The first-order valence-electron chi connectivity index (χ1n) is 7.93. The van der Waals surface area contributed by atoms with Crippen LogP contribution in [-0.2, 0) is 6.54 Å². The number of hydrogen-bond acceptors (Lipinski definition) is 4. The van der Waals surface area contributed by atoms with E-state index in [1.165, 1.54) is 23.5 Å². The van der Waals surface area contributed by atoms with E-state index < -0.39 is 5.60 Å². The van der Waals surface area contributed by atoms with Crippen LogP contribution in [0.3, 0.4) is 0 Å². The molecule has 1 aromatic heterocycles.